The van der Waals surface area contributed by atoms with Crippen LogP contribution in [-0.4, -0.2) is 33.2 Å². The molecule has 0 spiro atoms. The Bertz CT molecular complexity index is 587. The molecule has 0 saturated heterocycles. The van der Waals surface area contributed by atoms with Crippen molar-refractivity contribution in [3.8, 4) is 0 Å². The lowest BCUT2D eigenvalue weighted by molar-refractivity contribution is -0.147. The molecule has 2 atom stereocenters. The summed E-state index contributed by atoms with van der Waals surface area (Å²) in [6.45, 7) is 14.3. The maximum Gasteiger partial charge on any atom is 0.238 e. The molecule has 2 aliphatic heterocycles. The second-order valence-electron chi connectivity index (χ2n) is 8.63. The first-order valence-corrected chi connectivity index (χ1v) is 9.60. The highest BCUT2D eigenvalue weighted by molar-refractivity contribution is 5.91. The Labute approximate surface area is 152 Å². The van der Waals surface area contributed by atoms with Crippen LogP contribution in [0.1, 0.15) is 74.1 Å². The van der Waals surface area contributed by atoms with Crippen molar-refractivity contribution in [2.75, 3.05) is 0 Å². The number of fused-ring (bicyclic) bond motifs is 1. The van der Waals surface area contributed by atoms with Gasteiger partial charge in [0.25, 0.3) is 0 Å². The third kappa shape index (κ3) is 3.04. The molecule has 0 bridgehead atoms. The van der Waals surface area contributed by atoms with Crippen LogP contribution in [0, 0.1) is 10.8 Å². The van der Waals surface area contributed by atoms with Gasteiger partial charge in [-0.25, -0.2) is 0 Å². The van der Waals surface area contributed by atoms with Crippen molar-refractivity contribution in [2.45, 2.75) is 85.7 Å². The van der Waals surface area contributed by atoms with Gasteiger partial charge in [0.2, 0.25) is 11.8 Å². The minimum atomic E-state index is -0.673. The molecule has 25 heavy (non-hydrogen) atoms. The molecule has 0 aromatic rings. The quantitative estimate of drug-likeness (QED) is 0.753. The van der Waals surface area contributed by atoms with Gasteiger partial charge in [-0.3, -0.25) is 9.59 Å². The normalized spacial score (nSPS) is 26.8. The van der Waals surface area contributed by atoms with E-state index in [2.05, 4.69) is 20.8 Å². The fourth-order valence-electron chi connectivity index (χ4n) is 4.15. The highest BCUT2D eigenvalue weighted by atomic mass is 16.2. The van der Waals surface area contributed by atoms with Crippen molar-refractivity contribution in [2.24, 2.45) is 10.8 Å². The monoisotopic (exact) mass is 346 g/mol. The summed E-state index contributed by atoms with van der Waals surface area (Å²) in [5, 5.41) is 0. The average Bonchev–Trinajstić information content (AvgIpc) is 2.83. The zero-order valence-electron chi connectivity index (χ0n) is 16.9. The van der Waals surface area contributed by atoms with Gasteiger partial charge in [0, 0.05) is 23.4 Å². The number of carbonyl (C=O) groups is 2. The van der Waals surface area contributed by atoms with Crippen LogP contribution in [0.15, 0.2) is 24.6 Å². The fraction of sp³-hybridized carbons (Fsp3) is 0.714. The molecule has 0 aromatic heterocycles. The largest absolute Gasteiger partial charge is 0.314 e. The van der Waals surface area contributed by atoms with Crippen molar-refractivity contribution in [3.05, 3.63) is 24.6 Å². The maximum atomic E-state index is 13.4. The van der Waals surface area contributed by atoms with Crippen molar-refractivity contribution in [1.82, 2.24) is 9.80 Å². The highest BCUT2D eigenvalue weighted by Gasteiger charge is 2.52. The van der Waals surface area contributed by atoms with E-state index >= 15 is 0 Å². The molecule has 0 saturated carbocycles. The molecule has 0 radical (unpaired) electrons. The van der Waals surface area contributed by atoms with Crippen molar-refractivity contribution >= 4 is 11.8 Å². The first kappa shape index (κ1) is 19.7. The van der Waals surface area contributed by atoms with Crippen LogP contribution in [0.25, 0.3) is 0 Å². The number of rotatable bonds is 4. The van der Waals surface area contributed by atoms with E-state index in [0.29, 0.717) is 6.42 Å². The fourth-order valence-corrected chi connectivity index (χ4v) is 4.15. The van der Waals surface area contributed by atoms with Gasteiger partial charge in [-0.15, -0.1) is 0 Å². The number of hydrogen-bond acceptors (Lipinski definition) is 2. The molecule has 2 aliphatic rings. The topological polar surface area (TPSA) is 40.6 Å². The van der Waals surface area contributed by atoms with Crippen LogP contribution in [0.4, 0.5) is 0 Å². The Balaban J connectivity index is 2.39. The number of hydrogen-bond donors (Lipinski definition) is 0. The summed E-state index contributed by atoms with van der Waals surface area (Å²) in [7, 11) is 0. The minimum Gasteiger partial charge on any atom is -0.314 e. The molecule has 4 heteroatoms. The summed E-state index contributed by atoms with van der Waals surface area (Å²) in [4.78, 5) is 30.4. The Morgan fingerprint density at radius 2 is 1.72 bits per heavy atom. The molecule has 4 nitrogen and oxygen atoms in total. The molecular formula is C21H34N2O2. The Hall–Kier alpha value is -1.58. The van der Waals surface area contributed by atoms with E-state index in [0.717, 1.165) is 19.3 Å². The summed E-state index contributed by atoms with van der Waals surface area (Å²) in [6, 6.07) is -0.139. The van der Waals surface area contributed by atoms with E-state index in [-0.39, 0.29) is 28.8 Å². The molecule has 0 unspecified atom stereocenters. The SMILES string of the molecule is CCC(CC)(CC)C(=O)N1C=C[C@@]2(C)C(=O)N(C(C)(C)C)C=CC[C@@H]12. The van der Waals surface area contributed by atoms with E-state index in [1.807, 2.05) is 62.0 Å². The lowest BCUT2D eigenvalue weighted by Gasteiger charge is -2.41. The zero-order valence-corrected chi connectivity index (χ0v) is 16.9. The molecule has 0 fully saturated rings. The van der Waals surface area contributed by atoms with Crippen molar-refractivity contribution in [1.29, 1.82) is 0 Å². The van der Waals surface area contributed by atoms with Crippen LogP contribution < -0.4 is 0 Å². The van der Waals surface area contributed by atoms with Crippen LogP contribution in [0.3, 0.4) is 0 Å². The summed E-state index contributed by atoms with van der Waals surface area (Å²) in [5.74, 6) is 0.232. The summed E-state index contributed by atoms with van der Waals surface area (Å²) < 4.78 is 0. The Morgan fingerprint density at radius 3 is 2.20 bits per heavy atom. The van der Waals surface area contributed by atoms with Crippen LogP contribution in [0.2, 0.25) is 0 Å². The maximum absolute atomic E-state index is 13.4. The molecule has 2 amide bonds. The van der Waals surface area contributed by atoms with Gasteiger partial charge in [0.05, 0.1) is 11.5 Å². The molecule has 2 rings (SSSR count). The van der Waals surface area contributed by atoms with Gasteiger partial charge in [-0.2, -0.15) is 0 Å². The second kappa shape index (κ2) is 6.62. The lowest BCUT2D eigenvalue weighted by Crippen LogP contribution is -2.54. The Morgan fingerprint density at radius 1 is 1.16 bits per heavy atom. The third-order valence-electron chi connectivity index (χ3n) is 6.34. The minimum absolute atomic E-state index is 0.0698. The van der Waals surface area contributed by atoms with Crippen LogP contribution in [-0.2, 0) is 9.59 Å². The number of amides is 2. The van der Waals surface area contributed by atoms with Gasteiger partial charge in [-0.05, 0) is 53.4 Å². The number of nitrogens with zero attached hydrogens (tertiary/aromatic N) is 2. The van der Waals surface area contributed by atoms with Gasteiger partial charge in [-0.1, -0.05) is 32.9 Å². The molecule has 0 aromatic carbocycles. The molecule has 0 N–H and O–H groups in total. The van der Waals surface area contributed by atoms with Gasteiger partial charge in [0.15, 0.2) is 0 Å². The van der Waals surface area contributed by atoms with Crippen LogP contribution >= 0.6 is 0 Å². The van der Waals surface area contributed by atoms with E-state index in [4.69, 9.17) is 0 Å². The first-order chi connectivity index (χ1) is 11.6. The molecule has 0 aliphatic carbocycles. The highest BCUT2D eigenvalue weighted by Crippen LogP contribution is 2.44. The predicted octanol–water partition coefficient (Wildman–Crippen LogP) is 4.48. The van der Waals surface area contributed by atoms with E-state index in [1.165, 1.54) is 0 Å². The Kier molecular flexibility index (Phi) is 5.23. The zero-order chi connectivity index (χ0) is 19.0. The molecule has 2 heterocycles. The van der Waals surface area contributed by atoms with E-state index in [1.54, 1.807) is 0 Å². The standard InChI is InChI=1S/C21H34N2O2/c1-8-21(9-2,10-3)18(25)22-15-13-20(7)16(22)12-11-14-23(17(20)24)19(4,5)6/h11,13-16H,8-10,12H2,1-7H3/t16-,20-/m1/s1. The number of carbonyl (C=O) groups excluding carboxylic acids is 2. The molecule has 140 valence electrons. The smallest absolute Gasteiger partial charge is 0.238 e. The summed E-state index contributed by atoms with van der Waals surface area (Å²) >= 11 is 0. The van der Waals surface area contributed by atoms with Crippen LogP contribution in [0.5, 0.6) is 0 Å². The lowest BCUT2D eigenvalue weighted by atomic mass is 9.76. The summed E-state index contributed by atoms with van der Waals surface area (Å²) in [6.07, 6.45) is 10.9. The third-order valence-corrected chi connectivity index (χ3v) is 6.34. The first-order valence-electron chi connectivity index (χ1n) is 9.60. The average molecular weight is 347 g/mol. The predicted molar refractivity (Wildman–Crippen MR) is 102 cm³/mol. The van der Waals surface area contributed by atoms with Gasteiger partial charge in [0.1, 0.15) is 0 Å². The second-order valence-corrected chi connectivity index (χ2v) is 8.63. The van der Waals surface area contributed by atoms with Crippen molar-refractivity contribution in [3.63, 3.8) is 0 Å². The van der Waals surface area contributed by atoms with Crippen molar-refractivity contribution < 1.29 is 9.59 Å². The van der Waals surface area contributed by atoms with Gasteiger partial charge >= 0.3 is 0 Å². The van der Waals surface area contributed by atoms with E-state index in [9.17, 15) is 9.59 Å². The van der Waals surface area contributed by atoms with Gasteiger partial charge < -0.3 is 9.80 Å². The van der Waals surface area contributed by atoms with E-state index < -0.39 is 5.41 Å². The molecular weight excluding hydrogens is 312 g/mol. The summed E-state index contributed by atoms with van der Waals surface area (Å²) in [5.41, 5.74) is -1.29.